The largest absolute Gasteiger partial charge is 0.411 e. The number of hydrogen-bond acceptors (Lipinski definition) is 4. The third kappa shape index (κ3) is 4.69. The van der Waals surface area contributed by atoms with Gasteiger partial charge in [0.15, 0.2) is 0 Å². The second-order valence-corrected chi connectivity index (χ2v) is 12.7. The van der Waals surface area contributed by atoms with Crippen molar-refractivity contribution >= 4 is 35.6 Å². The predicted molar refractivity (Wildman–Crippen MR) is 169 cm³/mol. The first-order valence-corrected chi connectivity index (χ1v) is 15.6. The highest BCUT2D eigenvalue weighted by Gasteiger charge is 2.49. The van der Waals surface area contributed by atoms with E-state index in [0.717, 1.165) is 71.9 Å². The van der Waals surface area contributed by atoms with Crippen LogP contribution in [0.2, 0.25) is 0 Å². The quantitative estimate of drug-likeness (QED) is 0.287. The minimum absolute atomic E-state index is 0.0545. The molecule has 0 spiro atoms. The topological polar surface area (TPSA) is 66.5 Å². The molecule has 1 fully saturated rings. The molecule has 0 unspecified atom stereocenters. The lowest BCUT2D eigenvalue weighted by molar-refractivity contribution is -0.137. The third-order valence-electron chi connectivity index (χ3n) is 10.5. The summed E-state index contributed by atoms with van der Waals surface area (Å²) in [6.07, 6.45) is 8.08. The molecule has 0 aromatic heterocycles. The maximum absolute atomic E-state index is 14.3. The summed E-state index contributed by atoms with van der Waals surface area (Å²) in [6, 6.07) is 18.6. The molecule has 3 aromatic rings. The van der Waals surface area contributed by atoms with Crippen LogP contribution in [0.25, 0.3) is 0 Å². The number of anilines is 1. The zero-order chi connectivity index (χ0) is 29.6. The fraction of sp³-hybridized carbons (Fsp3) is 0.417. The van der Waals surface area contributed by atoms with E-state index in [-0.39, 0.29) is 30.5 Å². The number of carbonyl (C=O) groups is 3. The van der Waals surface area contributed by atoms with Gasteiger partial charge in [-0.1, -0.05) is 61.7 Å². The van der Waals surface area contributed by atoms with Gasteiger partial charge in [0.2, 0.25) is 5.91 Å². The van der Waals surface area contributed by atoms with Crippen molar-refractivity contribution in [2.75, 3.05) is 5.23 Å². The van der Waals surface area contributed by atoms with Crippen molar-refractivity contribution in [3.05, 3.63) is 93.5 Å². The Labute approximate surface area is 250 Å². The number of Topliss-reactive ketones (excluding diaryl/α,β-unsaturated/α-hetero) is 2. The molecule has 0 saturated heterocycles. The average molecular weight is 561 g/mol. The molecule has 1 heterocycles. The molecule has 42 heavy (non-hydrogen) atoms. The van der Waals surface area contributed by atoms with E-state index in [4.69, 9.17) is 0 Å². The smallest absolute Gasteiger partial charge is 0.405 e. The Bertz CT molecular complexity index is 1540. The van der Waals surface area contributed by atoms with Crippen LogP contribution in [0, 0.1) is 19.3 Å². The van der Waals surface area contributed by atoms with Crippen LogP contribution in [-0.2, 0) is 35.3 Å². The summed E-state index contributed by atoms with van der Waals surface area (Å²) in [5.41, 5.74) is 8.81. The number of fused-ring (bicyclic) bond motifs is 2. The van der Waals surface area contributed by atoms with Crippen LogP contribution in [0.3, 0.4) is 0 Å². The van der Waals surface area contributed by atoms with Gasteiger partial charge in [0.05, 0.1) is 11.0 Å². The van der Waals surface area contributed by atoms with Crippen LogP contribution in [0.4, 0.5) is 5.69 Å². The fourth-order valence-electron chi connectivity index (χ4n) is 7.94. The molecule has 3 aliphatic rings. The molecule has 1 saturated carbocycles. The average Bonchev–Trinajstić information content (AvgIpc) is 3.43. The molecule has 1 N–H and O–H groups in total. The standard InChI is InChI=1S/C36H41BN2O3/c1-23-29(20-19-27-13-7-5-8-14-27)34(24(2)32-22-36(25(3)40,26(4)41)21-31(23)32)37-38-33-18-12-11-17-30(33)35(42)39(37)28-15-9-6-10-16-28/h5,7-8,11-14,17-18,28,38H,6,9-10,15-16,19-22H2,1-4H3. The van der Waals surface area contributed by atoms with Gasteiger partial charge in [0.1, 0.15) is 11.6 Å². The van der Waals surface area contributed by atoms with E-state index in [1.807, 2.05) is 30.3 Å². The van der Waals surface area contributed by atoms with E-state index in [1.54, 1.807) is 13.8 Å². The number of nitrogens with zero attached hydrogens (tertiary/aromatic N) is 1. The second-order valence-electron chi connectivity index (χ2n) is 12.7. The van der Waals surface area contributed by atoms with Crippen LogP contribution in [0.5, 0.6) is 0 Å². The summed E-state index contributed by atoms with van der Waals surface area (Å²) in [5.74, 6) is -0.0168. The Morgan fingerprint density at radius 3 is 2.14 bits per heavy atom. The first-order chi connectivity index (χ1) is 20.2. The van der Waals surface area contributed by atoms with E-state index in [2.05, 4.69) is 48.2 Å². The normalized spacial score (nSPS) is 18.0. The van der Waals surface area contributed by atoms with Gasteiger partial charge in [0, 0.05) is 11.7 Å². The molecule has 3 aromatic carbocycles. The summed E-state index contributed by atoms with van der Waals surface area (Å²) in [4.78, 5) is 42.5. The molecule has 6 heteroatoms. The van der Waals surface area contributed by atoms with Gasteiger partial charge in [0.25, 0.3) is 0 Å². The second kappa shape index (κ2) is 11.2. The summed E-state index contributed by atoms with van der Waals surface area (Å²) in [5, 5.41) is 3.83. The van der Waals surface area contributed by atoms with Crippen LogP contribution in [0.1, 0.15) is 89.7 Å². The highest BCUT2D eigenvalue weighted by Crippen LogP contribution is 2.43. The number of benzene rings is 3. The number of carbonyl (C=O) groups excluding carboxylic acids is 3. The Kier molecular flexibility index (Phi) is 7.59. The number of hydrogen-bond donors (Lipinski definition) is 1. The van der Waals surface area contributed by atoms with Gasteiger partial charge in [-0.2, -0.15) is 0 Å². The van der Waals surface area contributed by atoms with E-state index >= 15 is 0 Å². The summed E-state index contributed by atoms with van der Waals surface area (Å²) in [7, 11) is 0. The third-order valence-corrected chi connectivity index (χ3v) is 10.5. The number of ketones is 2. The van der Waals surface area contributed by atoms with E-state index in [9.17, 15) is 14.4 Å². The molecule has 6 rings (SSSR count). The van der Waals surface area contributed by atoms with Gasteiger partial charge in [-0.3, -0.25) is 14.4 Å². The monoisotopic (exact) mass is 560 g/mol. The molecule has 0 radical (unpaired) electrons. The van der Waals surface area contributed by atoms with Crippen LogP contribution < -0.4 is 10.7 Å². The number of nitrogens with one attached hydrogen (secondary N) is 1. The zero-order valence-corrected chi connectivity index (χ0v) is 25.4. The van der Waals surface area contributed by atoms with Crippen molar-refractivity contribution in [2.45, 2.75) is 91.5 Å². The molecular weight excluding hydrogens is 519 g/mol. The van der Waals surface area contributed by atoms with Crippen molar-refractivity contribution < 1.29 is 14.4 Å². The lowest BCUT2D eigenvalue weighted by atomic mass is 9.57. The highest BCUT2D eigenvalue weighted by molar-refractivity contribution is 6.78. The van der Waals surface area contributed by atoms with Gasteiger partial charge in [-0.25, -0.2) is 0 Å². The maximum atomic E-state index is 14.3. The lowest BCUT2D eigenvalue weighted by Crippen LogP contribution is -2.64. The molecule has 0 bridgehead atoms. The van der Waals surface area contributed by atoms with Gasteiger partial charge < -0.3 is 10.0 Å². The SMILES string of the molecule is CC(=O)C1(C(C)=O)Cc2c(C)c(CCc3ccccc3)c(B3Nc4ccccc4C(=O)N3C3CCCCC3)c(C)c2C1. The number of amides is 1. The van der Waals surface area contributed by atoms with Gasteiger partial charge in [-0.05, 0) is 117 Å². The van der Waals surface area contributed by atoms with Gasteiger partial charge >= 0.3 is 6.98 Å². The zero-order valence-electron chi connectivity index (χ0n) is 25.4. The van der Waals surface area contributed by atoms with Crippen LogP contribution in [-0.4, -0.2) is 35.3 Å². The molecule has 1 amide bonds. The maximum Gasteiger partial charge on any atom is 0.411 e. The van der Waals surface area contributed by atoms with Crippen LogP contribution in [0.15, 0.2) is 54.6 Å². The number of rotatable bonds is 7. The first-order valence-electron chi connectivity index (χ1n) is 15.6. The summed E-state index contributed by atoms with van der Waals surface area (Å²) < 4.78 is 0. The lowest BCUT2D eigenvalue weighted by Gasteiger charge is -2.43. The molecule has 0 atom stereocenters. The molecule has 216 valence electrons. The summed E-state index contributed by atoms with van der Waals surface area (Å²) >= 11 is 0. The molecule has 2 aliphatic carbocycles. The Balaban J connectivity index is 1.54. The predicted octanol–water partition coefficient (Wildman–Crippen LogP) is 5.95. The minimum atomic E-state index is -1.00. The Morgan fingerprint density at radius 1 is 0.857 bits per heavy atom. The van der Waals surface area contributed by atoms with E-state index < -0.39 is 5.41 Å². The van der Waals surface area contributed by atoms with Crippen molar-refractivity contribution in [1.82, 2.24) is 4.81 Å². The van der Waals surface area contributed by atoms with E-state index in [0.29, 0.717) is 12.8 Å². The summed E-state index contributed by atoms with van der Waals surface area (Å²) in [6.45, 7) is 7.15. The van der Waals surface area contributed by atoms with Crippen molar-refractivity contribution in [1.29, 1.82) is 0 Å². The highest BCUT2D eigenvalue weighted by atomic mass is 16.2. The van der Waals surface area contributed by atoms with Crippen molar-refractivity contribution in [3.63, 3.8) is 0 Å². The first kappa shape index (κ1) is 28.5. The molecular formula is C36H41BN2O3. The van der Waals surface area contributed by atoms with Crippen molar-refractivity contribution in [3.8, 4) is 0 Å². The Morgan fingerprint density at radius 2 is 1.48 bits per heavy atom. The fourth-order valence-corrected chi connectivity index (χ4v) is 7.94. The van der Waals surface area contributed by atoms with Crippen molar-refractivity contribution in [2.24, 2.45) is 5.41 Å². The van der Waals surface area contributed by atoms with E-state index in [1.165, 1.54) is 23.1 Å². The number of para-hydroxylation sites is 1. The van der Waals surface area contributed by atoms with Crippen LogP contribution >= 0.6 is 0 Å². The Hall–Kier alpha value is -3.67. The molecule has 1 aliphatic heterocycles. The van der Waals surface area contributed by atoms with Gasteiger partial charge in [-0.15, -0.1) is 0 Å². The minimum Gasteiger partial charge on any atom is -0.405 e. The molecule has 5 nitrogen and oxygen atoms in total. The number of aryl methyl sites for hydroxylation is 1.